The Morgan fingerprint density at radius 1 is 1.07 bits per heavy atom. The van der Waals surface area contributed by atoms with Crippen molar-refractivity contribution in [1.29, 1.82) is 0 Å². The molecule has 1 unspecified atom stereocenters. The average Bonchev–Trinajstić information content (AvgIpc) is 2.67. The highest BCUT2D eigenvalue weighted by molar-refractivity contribution is 5.41. The van der Waals surface area contributed by atoms with Crippen LogP contribution in [-0.2, 0) is 6.42 Å². The molecule has 27 heavy (non-hydrogen) atoms. The Kier molecular flexibility index (Phi) is 11.3. The molecule has 1 rings (SSSR count). The van der Waals surface area contributed by atoms with Gasteiger partial charge in [-0.3, -0.25) is 0 Å². The molecular formula is C24H36O3. The Hall–Kier alpha value is -2.00. The monoisotopic (exact) mass is 372 g/mol. The Bertz CT molecular complexity index is 629. The molecule has 0 saturated heterocycles. The Balaban J connectivity index is 2.36. The Labute approximate surface area is 165 Å². The molecule has 0 amide bonds. The van der Waals surface area contributed by atoms with Crippen molar-refractivity contribution in [3.05, 3.63) is 59.7 Å². The van der Waals surface area contributed by atoms with E-state index in [-0.39, 0.29) is 6.10 Å². The van der Waals surface area contributed by atoms with Crippen molar-refractivity contribution in [2.75, 3.05) is 14.2 Å². The van der Waals surface area contributed by atoms with E-state index in [1.54, 1.807) is 20.3 Å². The predicted molar refractivity (Wildman–Crippen MR) is 115 cm³/mol. The van der Waals surface area contributed by atoms with Crippen molar-refractivity contribution in [3.8, 4) is 11.5 Å². The molecule has 0 bridgehead atoms. The highest BCUT2D eigenvalue weighted by Gasteiger charge is 2.04. The van der Waals surface area contributed by atoms with Crippen molar-refractivity contribution in [2.45, 2.75) is 64.9 Å². The fourth-order valence-corrected chi connectivity index (χ4v) is 2.99. The summed E-state index contributed by atoms with van der Waals surface area (Å²) >= 11 is 0. The number of benzene rings is 1. The van der Waals surface area contributed by atoms with E-state index in [1.165, 1.54) is 16.7 Å². The summed E-state index contributed by atoms with van der Waals surface area (Å²) in [6.45, 7) is 7.98. The first-order valence-electron chi connectivity index (χ1n) is 9.83. The van der Waals surface area contributed by atoms with Gasteiger partial charge in [0.25, 0.3) is 0 Å². The molecule has 150 valence electrons. The van der Waals surface area contributed by atoms with E-state index in [4.69, 9.17) is 9.47 Å². The second kappa shape index (κ2) is 13.2. The van der Waals surface area contributed by atoms with Crippen LogP contribution in [-0.4, -0.2) is 25.4 Å². The molecule has 0 aliphatic rings. The lowest BCUT2D eigenvalue weighted by molar-refractivity contribution is 0.210. The molecular weight excluding hydrogens is 336 g/mol. The largest absolute Gasteiger partial charge is 0.497 e. The summed E-state index contributed by atoms with van der Waals surface area (Å²) in [4.78, 5) is 0. The average molecular weight is 373 g/mol. The lowest BCUT2D eigenvalue weighted by Crippen LogP contribution is -2.00. The third-order valence-corrected chi connectivity index (χ3v) is 4.78. The molecule has 1 N–H and O–H groups in total. The van der Waals surface area contributed by atoms with Gasteiger partial charge in [0.2, 0.25) is 0 Å². The van der Waals surface area contributed by atoms with Crippen LogP contribution >= 0.6 is 0 Å². The van der Waals surface area contributed by atoms with Crippen molar-refractivity contribution < 1.29 is 14.6 Å². The zero-order chi connectivity index (χ0) is 20.1. The van der Waals surface area contributed by atoms with Gasteiger partial charge in [0, 0.05) is 6.07 Å². The molecule has 3 heteroatoms. The molecule has 1 atom stereocenters. The number of aliphatic hydroxyl groups excluding tert-OH is 1. The van der Waals surface area contributed by atoms with Crippen LogP contribution in [0.4, 0.5) is 0 Å². The maximum atomic E-state index is 9.48. The van der Waals surface area contributed by atoms with Gasteiger partial charge in [-0.1, -0.05) is 35.4 Å². The fourth-order valence-electron chi connectivity index (χ4n) is 2.99. The number of ether oxygens (including phenoxy) is 2. The van der Waals surface area contributed by atoms with Gasteiger partial charge in [-0.25, -0.2) is 0 Å². The number of hydrogen-bond donors (Lipinski definition) is 1. The third-order valence-electron chi connectivity index (χ3n) is 4.78. The maximum absolute atomic E-state index is 9.48. The number of hydrogen-bond acceptors (Lipinski definition) is 3. The Morgan fingerprint density at radius 3 is 2.44 bits per heavy atom. The van der Waals surface area contributed by atoms with Crippen LogP contribution in [0, 0.1) is 0 Å². The van der Waals surface area contributed by atoms with E-state index in [1.807, 2.05) is 12.1 Å². The summed E-state index contributed by atoms with van der Waals surface area (Å²) in [5, 5.41) is 9.48. The second-order valence-electron chi connectivity index (χ2n) is 7.05. The van der Waals surface area contributed by atoms with Crippen molar-refractivity contribution in [3.63, 3.8) is 0 Å². The minimum Gasteiger partial charge on any atom is -0.497 e. The van der Waals surface area contributed by atoms with E-state index in [0.29, 0.717) is 0 Å². The molecule has 0 heterocycles. The van der Waals surface area contributed by atoms with Gasteiger partial charge in [-0.05, 0) is 70.4 Å². The van der Waals surface area contributed by atoms with Crippen LogP contribution in [0.1, 0.15) is 57.9 Å². The molecule has 1 aromatic carbocycles. The third kappa shape index (κ3) is 9.48. The number of allylic oxidation sites excluding steroid dienone is 4. The summed E-state index contributed by atoms with van der Waals surface area (Å²) in [6, 6.07) is 6.00. The lowest BCUT2D eigenvalue weighted by atomic mass is 10.0. The summed E-state index contributed by atoms with van der Waals surface area (Å²) in [5.41, 5.74) is 4.04. The zero-order valence-corrected chi connectivity index (χ0v) is 17.5. The van der Waals surface area contributed by atoms with Gasteiger partial charge in [0.1, 0.15) is 11.5 Å². The van der Waals surface area contributed by atoms with E-state index in [0.717, 1.165) is 56.4 Å². The minimum atomic E-state index is -0.368. The highest BCUT2D eigenvalue weighted by atomic mass is 16.5. The quantitative estimate of drug-likeness (QED) is 0.430. The molecule has 0 aliphatic carbocycles. The highest BCUT2D eigenvalue weighted by Crippen LogP contribution is 2.26. The first kappa shape index (κ1) is 23.0. The lowest BCUT2D eigenvalue weighted by Gasteiger charge is -2.09. The van der Waals surface area contributed by atoms with E-state index < -0.39 is 0 Å². The topological polar surface area (TPSA) is 38.7 Å². The molecule has 0 spiro atoms. The molecule has 3 nitrogen and oxygen atoms in total. The van der Waals surface area contributed by atoms with Crippen LogP contribution in [0.5, 0.6) is 11.5 Å². The predicted octanol–water partition coefficient (Wildman–Crippen LogP) is 6.03. The maximum Gasteiger partial charge on any atom is 0.125 e. The first-order chi connectivity index (χ1) is 13.0. The van der Waals surface area contributed by atoms with E-state index >= 15 is 0 Å². The fraction of sp³-hybridized carbons (Fsp3) is 0.500. The van der Waals surface area contributed by atoms with Crippen LogP contribution in [0.25, 0.3) is 0 Å². The molecule has 0 aromatic heterocycles. The molecule has 0 aliphatic heterocycles. The van der Waals surface area contributed by atoms with Crippen LogP contribution < -0.4 is 9.47 Å². The van der Waals surface area contributed by atoms with Crippen molar-refractivity contribution in [1.82, 2.24) is 0 Å². The van der Waals surface area contributed by atoms with Gasteiger partial charge in [0.05, 0.1) is 20.3 Å². The molecule has 0 radical (unpaired) electrons. The minimum absolute atomic E-state index is 0.368. The van der Waals surface area contributed by atoms with Crippen molar-refractivity contribution >= 4 is 0 Å². The molecule has 0 saturated carbocycles. The summed E-state index contributed by atoms with van der Waals surface area (Å²) in [5.74, 6) is 1.71. The normalized spacial score (nSPS) is 13.4. The number of methoxy groups -OCH3 is 2. The van der Waals surface area contributed by atoms with Crippen molar-refractivity contribution in [2.24, 2.45) is 0 Å². The first-order valence-corrected chi connectivity index (χ1v) is 9.83. The molecule has 1 aromatic rings. The standard InChI is InChI=1S/C24H36O3/c1-6-22(25)15-9-13-20(3)11-7-10-19(2)12-8-14-21-16-17-23(26-4)18-24(21)27-5/h6,11-12,16-18,22,25H,1,7-10,13-15H2,2-5H3. The van der Waals surface area contributed by atoms with Crippen LogP contribution in [0.15, 0.2) is 54.2 Å². The summed E-state index contributed by atoms with van der Waals surface area (Å²) < 4.78 is 10.7. The smallest absolute Gasteiger partial charge is 0.125 e. The van der Waals surface area contributed by atoms with Gasteiger partial charge >= 0.3 is 0 Å². The van der Waals surface area contributed by atoms with Crippen LogP contribution in [0.2, 0.25) is 0 Å². The van der Waals surface area contributed by atoms with Gasteiger partial charge in [-0.2, -0.15) is 0 Å². The number of aliphatic hydroxyl groups is 1. The SMILES string of the molecule is C=CC(O)CCCC(C)=CCCC(C)=CCCc1ccc(OC)cc1OC. The number of rotatable bonds is 13. The van der Waals surface area contributed by atoms with Gasteiger partial charge in [-0.15, -0.1) is 6.58 Å². The van der Waals surface area contributed by atoms with E-state index in [9.17, 15) is 5.11 Å². The zero-order valence-electron chi connectivity index (χ0n) is 17.5. The van der Waals surface area contributed by atoms with Gasteiger partial charge in [0.15, 0.2) is 0 Å². The summed E-state index contributed by atoms with van der Waals surface area (Å²) in [7, 11) is 3.37. The van der Waals surface area contributed by atoms with Crippen LogP contribution in [0.3, 0.4) is 0 Å². The van der Waals surface area contributed by atoms with Gasteiger partial charge < -0.3 is 14.6 Å². The number of aryl methyl sites for hydroxylation is 1. The molecule has 0 fully saturated rings. The van der Waals surface area contributed by atoms with E-state index in [2.05, 4.69) is 38.6 Å². The second-order valence-corrected chi connectivity index (χ2v) is 7.05. The summed E-state index contributed by atoms with van der Waals surface area (Å²) in [6.07, 6.45) is 12.9. The Morgan fingerprint density at radius 2 is 1.78 bits per heavy atom.